The number of nitrogens with two attached hydrogens (primary N) is 8. The normalized spacial score (nSPS) is 15.1. The topological polar surface area (TPSA) is 725 Å². The molecule has 0 fully saturated rings. The number of aliphatic hydroxyl groups is 2. The molecule has 0 radical (unpaired) electrons. The van der Waals surface area contributed by atoms with E-state index in [1.807, 2.05) is 0 Å². The second-order valence-corrected chi connectivity index (χ2v) is 28.9. The number of guanidine groups is 3. The lowest BCUT2D eigenvalue weighted by Gasteiger charge is -2.30. The Morgan fingerprint density at radius 2 is 0.789 bits per heavy atom. The number of unbranched alkanes of at least 4 members (excludes halogenated alkanes) is 1. The van der Waals surface area contributed by atoms with Crippen molar-refractivity contribution in [1.82, 2.24) is 68.8 Å². The van der Waals surface area contributed by atoms with Gasteiger partial charge in [-0.2, -0.15) is 0 Å². The first-order valence-electron chi connectivity index (χ1n) is 38.2. The van der Waals surface area contributed by atoms with E-state index < -0.39 is 193 Å². The first kappa shape index (κ1) is 99.1. The van der Waals surface area contributed by atoms with Gasteiger partial charge in [0.25, 0.3) is 0 Å². The number of benzene rings is 1. The minimum atomic E-state index is -1.91. The number of aromatic nitrogens is 1. The van der Waals surface area contributed by atoms with Crippen LogP contribution in [0.25, 0.3) is 10.9 Å². The van der Waals surface area contributed by atoms with E-state index >= 15 is 0 Å². The van der Waals surface area contributed by atoms with Crippen LogP contribution in [0.2, 0.25) is 0 Å². The zero-order chi connectivity index (χ0) is 86.1. The first-order valence-corrected chi connectivity index (χ1v) is 38.2. The number of H-pyrrole nitrogens is 1. The molecule has 42 heteroatoms. The van der Waals surface area contributed by atoms with Gasteiger partial charge in [0, 0.05) is 43.2 Å². The molecule has 1 heterocycles. The second-order valence-electron chi connectivity index (χ2n) is 28.9. The number of carboxylic acids is 2. The zero-order valence-corrected chi connectivity index (χ0v) is 66.5. The summed E-state index contributed by atoms with van der Waals surface area (Å²) in [5.41, 5.74) is 46.2. The lowest BCUT2D eigenvalue weighted by Crippen LogP contribution is -2.62. The highest BCUT2D eigenvalue weighted by molar-refractivity contribution is 6.00. The Labute approximate surface area is 662 Å². The third-order valence-corrected chi connectivity index (χ3v) is 18.4. The molecule has 15 atom stereocenters. The van der Waals surface area contributed by atoms with E-state index in [-0.39, 0.29) is 127 Å². The molecule has 2 aromatic rings. The predicted octanol–water partition coefficient (Wildman–Crippen LogP) is -6.11. The number of hydrogen-bond acceptors (Lipinski definition) is 21. The van der Waals surface area contributed by atoms with E-state index in [4.69, 9.17) is 45.9 Å². The summed E-state index contributed by atoms with van der Waals surface area (Å²) in [5, 5.41) is 71.0. The third-order valence-electron chi connectivity index (χ3n) is 18.4. The van der Waals surface area contributed by atoms with Gasteiger partial charge in [-0.1, -0.05) is 86.4 Å². The van der Waals surface area contributed by atoms with E-state index in [2.05, 4.69) is 83.8 Å². The van der Waals surface area contributed by atoms with E-state index in [0.717, 1.165) is 0 Å². The summed E-state index contributed by atoms with van der Waals surface area (Å²) >= 11 is 0. The van der Waals surface area contributed by atoms with Crippen molar-refractivity contribution in [3.63, 3.8) is 0 Å². The molecule has 33 N–H and O–H groups in total. The van der Waals surface area contributed by atoms with E-state index in [1.165, 1.54) is 6.92 Å². The van der Waals surface area contributed by atoms with Crippen LogP contribution in [0.3, 0.4) is 0 Å². The molecule has 1 aromatic carbocycles. The SMILES string of the molecule is CC[C@H](C)[C@H](NC(=O)[C@H](CCCCN)NC(=O)[C@H](CCCN=C(N)N)NC(=O)[C@H](C)NC(=O)[C@H](CC(C)C)NC(=O)[C@H](Cc1c[nH]c2ccccc12)NC(=O)[C@@H](NC(=O)[C@H](CO)NC(=O)[C@@H](N)CCCN=C(N)N)[C@@H](C)CC)C(=O)N[C@@H](CCCN=C(N)N)C(=O)N[C@@H](CO)C(=O)N[C@@H](CC(=O)O)C(=O)N[C@@H](CC(C)C)C(=O)O. The van der Waals surface area contributed by atoms with Crippen molar-refractivity contribution < 1.29 is 87.5 Å². The van der Waals surface area contributed by atoms with Crippen LogP contribution >= 0.6 is 0 Å². The van der Waals surface area contributed by atoms with Gasteiger partial charge in [-0.05, 0) is 119 Å². The number of aliphatic imine (C=N–C) groups is 3. The molecule has 640 valence electrons. The number of carboxylic acid groups (broad SMARTS) is 2. The lowest BCUT2D eigenvalue weighted by molar-refractivity contribution is -0.144. The Morgan fingerprint density at radius 1 is 0.421 bits per heavy atom. The summed E-state index contributed by atoms with van der Waals surface area (Å²) in [5.74, 6) is -17.2. The molecule has 114 heavy (non-hydrogen) atoms. The largest absolute Gasteiger partial charge is 0.481 e. The van der Waals surface area contributed by atoms with Gasteiger partial charge in [0.2, 0.25) is 70.9 Å². The Bertz CT molecular complexity index is 3600. The highest BCUT2D eigenvalue weighted by atomic mass is 16.4. The number of rotatable bonds is 55. The molecule has 0 bridgehead atoms. The summed E-state index contributed by atoms with van der Waals surface area (Å²) in [7, 11) is 0. The molecule has 2 rings (SSSR count). The van der Waals surface area contributed by atoms with Crippen LogP contribution in [-0.2, 0) is 73.5 Å². The van der Waals surface area contributed by atoms with Crippen LogP contribution in [0.5, 0.6) is 0 Å². The van der Waals surface area contributed by atoms with Crippen molar-refractivity contribution >= 4 is 112 Å². The lowest BCUT2D eigenvalue weighted by atomic mass is 9.96. The summed E-state index contributed by atoms with van der Waals surface area (Å²) < 4.78 is 0. The van der Waals surface area contributed by atoms with Crippen molar-refractivity contribution in [2.75, 3.05) is 39.4 Å². The number of fused-ring (bicyclic) bond motifs is 1. The predicted molar refractivity (Wildman–Crippen MR) is 423 cm³/mol. The number of carbonyl (C=O) groups excluding carboxylic acids is 12. The number of aliphatic hydroxyl groups excluding tert-OH is 2. The fraction of sp³-hybridized carbons (Fsp3) is 0.653. The molecule has 0 aliphatic heterocycles. The molecule has 0 aliphatic rings. The maximum Gasteiger partial charge on any atom is 0.326 e. The van der Waals surface area contributed by atoms with Gasteiger partial charge in [-0.3, -0.25) is 77.3 Å². The maximum absolute atomic E-state index is 14.9. The highest BCUT2D eigenvalue weighted by Crippen LogP contribution is 2.21. The van der Waals surface area contributed by atoms with Gasteiger partial charge in [-0.15, -0.1) is 0 Å². The molecule has 0 saturated heterocycles. The standard InChI is InChI=1S/C72H124N24O18/c1-10-38(7)55(67(111)88-47(24-18-28-83-72(79)80)60(104)94-52(34-97)65(109)90-50(32-54(99)100)64(108)92-51(69(113)114)30-37(5)6)95-61(105)45(22-14-15-25-73)87-59(103)46(23-17-27-82-71(77)78)86-57(101)40(9)85-62(106)48(29-36(3)4)89-63(107)49(31-41-33-84-44-21-13-12-19-42(41)44)91-68(112)56(39(8)11-2)96-66(110)53(35-98)93-58(102)43(74)20-16-26-81-70(75)76/h12-13,19,21,33,36-40,43,45-53,55-56,84,97-98H,10-11,14-18,20,22-32,34-35,73-74H2,1-9H3,(H,85,106)(H,86,101)(H,87,103)(H,88,111)(H,89,107)(H,90,109)(H,91,112)(H,92,108)(H,93,102)(H,94,104)(H,95,105)(H,96,110)(H,99,100)(H,113,114)(H4,75,76,81)(H4,77,78,82)(H4,79,80,83)/t38-,39-,40-,43-,45-,46-,47-,48-,49-,50-,51-,52-,53-,55-,56-/m0/s1. The van der Waals surface area contributed by atoms with Crippen molar-refractivity contribution in [3.05, 3.63) is 36.0 Å². The van der Waals surface area contributed by atoms with Gasteiger partial charge in [0.1, 0.15) is 72.5 Å². The van der Waals surface area contributed by atoms with E-state index in [1.54, 1.807) is 85.9 Å². The average molecular weight is 1610 g/mol. The number of aromatic amines is 1. The molecule has 0 spiro atoms. The van der Waals surface area contributed by atoms with E-state index in [0.29, 0.717) is 35.7 Å². The Balaban J connectivity index is 2.56. The quantitative estimate of drug-likeness (QED) is 0.0166. The molecule has 0 saturated carbocycles. The minimum absolute atomic E-state index is 0.00258. The number of amides is 12. The Kier molecular flexibility index (Phi) is 44.8. The van der Waals surface area contributed by atoms with Crippen LogP contribution in [0.1, 0.15) is 158 Å². The molecular weight excluding hydrogens is 1490 g/mol. The van der Waals surface area contributed by atoms with Crippen LogP contribution in [0.4, 0.5) is 0 Å². The summed E-state index contributed by atoms with van der Waals surface area (Å²) in [6.07, 6.45) is 1.45. The second kappa shape index (κ2) is 51.6. The fourth-order valence-electron chi connectivity index (χ4n) is 11.6. The van der Waals surface area contributed by atoms with Crippen molar-refractivity contribution in [2.45, 2.75) is 237 Å². The number of hydrogen-bond donors (Lipinski definition) is 25. The zero-order valence-electron chi connectivity index (χ0n) is 66.5. The number of nitrogens with one attached hydrogen (secondary N) is 13. The summed E-state index contributed by atoms with van der Waals surface area (Å²) in [6.45, 7) is 13.1. The van der Waals surface area contributed by atoms with E-state index in [9.17, 15) is 87.5 Å². The Morgan fingerprint density at radius 3 is 1.25 bits per heavy atom. The molecule has 0 aliphatic carbocycles. The molecular formula is C72H124N24O18. The van der Waals surface area contributed by atoms with Gasteiger partial charge >= 0.3 is 11.9 Å². The van der Waals surface area contributed by atoms with Crippen LogP contribution < -0.4 is 110 Å². The van der Waals surface area contributed by atoms with Crippen LogP contribution in [0.15, 0.2) is 45.4 Å². The van der Waals surface area contributed by atoms with Gasteiger partial charge in [-0.25, -0.2) is 4.79 Å². The van der Waals surface area contributed by atoms with Crippen molar-refractivity contribution in [1.29, 1.82) is 0 Å². The Hall–Kier alpha value is -11.0. The number of para-hydroxylation sites is 1. The fourth-order valence-corrected chi connectivity index (χ4v) is 11.6. The summed E-state index contributed by atoms with van der Waals surface area (Å²) in [4.78, 5) is 209. The monoisotopic (exact) mass is 1610 g/mol. The first-order chi connectivity index (χ1) is 53.7. The molecule has 1 aromatic heterocycles. The molecule has 42 nitrogen and oxygen atoms in total. The van der Waals surface area contributed by atoms with Gasteiger partial charge in [0.05, 0.1) is 25.7 Å². The maximum atomic E-state index is 14.9. The third kappa shape index (κ3) is 36.2. The van der Waals surface area contributed by atoms with Crippen molar-refractivity contribution in [3.8, 4) is 0 Å². The minimum Gasteiger partial charge on any atom is -0.481 e. The number of nitrogens with zero attached hydrogens (tertiary/aromatic N) is 3. The number of aliphatic carboxylic acids is 2. The molecule has 0 unspecified atom stereocenters. The highest BCUT2D eigenvalue weighted by Gasteiger charge is 2.39. The number of carbonyl (C=O) groups is 14. The summed E-state index contributed by atoms with van der Waals surface area (Å²) in [6, 6.07) is -12.5. The van der Waals surface area contributed by atoms with Gasteiger partial charge < -0.3 is 135 Å². The van der Waals surface area contributed by atoms with Crippen molar-refractivity contribution in [2.24, 2.45) is 84.5 Å². The molecule has 12 amide bonds. The van der Waals surface area contributed by atoms with Crippen LogP contribution in [0, 0.1) is 23.7 Å². The van der Waals surface area contributed by atoms with Crippen LogP contribution in [-0.4, -0.2) is 244 Å². The smallest absolute Gasteiger partial charge is 0.326 e. The average Bonchev–Trinajstić information content (AvgIpc) is 1.61. The van der Waals surface area contributed by atoms with Gasteiger partial charge in [0.15, 0.2) is 17.9 Å².